The van der Waals surface area contributed by atoms with Gasteiger partial charge in [-0.05, 0) is 24.6 Å². The summed E-state index contributed by atoms with van der Waals surface area (Å²) in [7, 11) is 0. The predicted molar refractivity (Wildman–Crippen MR) is 90.6 cm³/mol. The average Bonchev–Trinajstić information content (AvgIpc) is 2.54. The minimum absolute atomic E-state index is 0.124. The van der Waals surface area contributed by atoms with Crippen molar-refractivity contribution >= 4 is 11.6 Å². The topological polar surface area (TPSA) is 85.4 Å². The van der Waals surface area contributed by atoms with E-state index in [-0.39, 0.29) is 11.5 Å². The molecule has 0 spiro atoms. The van der Waals surface area contributed by atoms with Crippen LogP contribution in [-0.4, -0.2) is 55.0 Å². The highest BCUT2D eigenvalue weighted by atomic mass is 16.1. The van der Waals surface area contributed by atoms with Crippen molar-refractivity contribution in [1.82, 2.24) is 9.80 Å². The molecule has 0 aromatic heterocycles. The minimum atomic E-state index is -0.373. The van der Waals surface area contributed by atoms with E-state index in [9.17, 15) is 10.1 Å². The van der Waals surface area contributed by atoms with Crippen molar-refractivity contribution in [2.45, 2.75) is 6.92 Å². The van der Waals surface area contributed by atoms with Gasteiger partial charge in [-0.3, -0.25) is 9.69 Å². The first-order chi connectivity index (χ1) is 11.1. The Labute approximate surface area is 137 Å². The number of amides is 1. The Kier molecular flexibility index (Phi) is 6.15. The van der Waals surface area contributed by atoms with Crippen LogP contribution in [0.25, 0.3) is 0 Å². The van der Waals surface area contributed by atoms with E-state index >= 15 is 0 Å². The fourth-order valence-corrected chi connectivity index (χ4v) is 2.54. The molecule has 122 valence electrons. The largest absolute Gasteiger partial charge is 0.374 e. The maximum Gasteiger partial charge on any atom is 0.267 e. The van der Waals surface area contributed by atoms with Gasteiger partial charge in [-0.15, -0.1) is 0 Å². The Bertz CT molecular complexity index is 612. The van der Waals surface area contributed by atoms with Gasteiger partial charge in [0.05, 0.1) is 0 Å². The molecule has 0 radical (unpaired) electrons. The van der Waals surface area contributed by atoms with Gasteiger partial charge < -0.3 is 16.0 Å². The summed E-state index contributed by atoms with van der Waals surface area (Å²) in [5.41, 5.74) is 7.44. The lowest BCUT2D eigenvalue weighted by Gasteiger charge is -2.33. The molecule has 23 heavy (non-hydrogen) atoms. The van der Waals surface area contributed by atoms with E-state index in [1.807, 2.05) is 42.2 Å². The number of nitrogens with two attached hydrogens (primary N) is 1. The molecule has 1 aromatic carbocycles. The molecular weight excluding hydrogens is 290 g/mol. The normalized spacial score (nSPS) is 16.0. The number of hydrogen-bond donors (Lipinski definition) is 2. The van der Waals surface area contributed by atoms with Crippen LogP contribution in [0.15, 0.2) is 36.0 Å². The zero-order valence-corrected chi connectivity index (χ0v) is 13.5. The molecule has 1 fully saturated rings. The molecule has 3 N–H and O–H groups in total. The van der Waals surface area contributed by atoms with Gasteiger partial charge in [0.2, 0.25) is 0 Å². The highest BCUT2D eigenvalue weighted by molar-refractivity contribution is 6.06. The first-order valence-electron chi connectivity index (χ1n) is 7.79. The van der Waals surface area contributed by atoms with Crippen LogP contribution in [-0.2, 0) is 4.79 Å². The summed E-state index contributed by atoms with van der Waals surface area (Å²) in [6.45, 7) is 6.87. The molecule has 1 aliphatic rings. The van der Waals surface area contributed by atoms with Gasteiger partial charge in [0.15, 0.2) is 0 Å². The second-order valence-corrected chi connectivity index (χ2v) is 5.64. The first kappa shape index (κ1) is 17.0. The molecule has 0 atom stereocenters. The number of benzene rings is 1. The van der Waals surface area contributed by atoms with E-state index in [4.69, 9.17) is 5.73 Å². The second kappa shape index (κ2) is 8.32. The number of rotatable bonds is 5. The molecule has 0 saturated carbocycles. The van der Waals surface area contributed by atoms with Gasteiger partial charge in [0, 0.05) is 51.2 Å². The van der Waals surface area contributed by atoms with E-state index in [0.717, 1.165) is 38.3 Å². The van der Waals surface area contributed by atoms with Gasteiger partial charge in [-0.25, -0.2) is 0 Å². The average molecular weight is 313 g/mol. The fourth-order valence-electron chi connectivity index (χ4n) is 2.54. The van der Waals surface area contributed by atoms with Crippen molar-refractivity contribution in [2.75, 3.05) is 44.6 Å². The summed E-state index contributed by atoms with van der Waals surface area (Å²) >= 11 is 0. The van der Waals surface area contributed by atoms with Crippen LogP contribution < -0.4 is 11.1 Å². The third-order valence-corrected chi connectivity index (χ3v) is 3.80. The Hall–Kier alpha value is -2.36. The number of carbonyl (C=O) groups excluding carboxylic acids is 1. The van der Waals surface area contributed by atoms with Crippen molar-refractivity contribution in [2.24, 2.45) is 5.73 Å². The van der Waals surface area contributed by atoms with Crippen LogP contribution in [0.2, 0.25) is 0 Å². The van der Waals surface area contributed by atoms with Crippen LogP contribution in [0.3, 0.4) is 0 Å². The summed E-state index contributed by atoms with van der Waals surface area (Å²) < 4.78 is 0. The molecule has 1 heterocycles. The van der Waals surface area contributed by atoms with Crippen molar-refractivity contribution in [3.8, 4) is 6.07 Å². The zero-order valence-electron chi connectivity index (χ0n) is 13.5. The summed E-state index contributed by atoms with van der Waals surface area (Å²) in [5.74, 6) is -0.373. The summed E-state index contributed by atoms with van der Waals surface area (Å²) in [5, 5.41) is 12.0. The summed E-state index contributed by atoms with van der Waals surface area (Å²) in [4.78, 5) is 16.5. The van der Waals surface area contributed by atoms with Crippen molar-refractivity contribution in [1.29, 1.82) is 5.26 Å². The number of carbonyl (C=O) groups is 1. The van der Waals surface area contributed by atoms with Crippen molar-refractivity contribution in [3.63, 3.8) is 0 Å². The van der Waals surface area contributed by atoms with Crippen LogP contribution in [0, 0.1) is 18.3 Å². The van der Waals surface area contributed by atoms with E-state index in [1.54, 1.807) is 6.20 Å². The lowest BCUT2D eigenvalue weighted by atomic mass is 10.2. The Morgan fingerprint density at radius 2 is 2.13 bits per heavy atom. The smallest absolute Gasteiger partial charge is 0.267 e. The molecule has 0 bridgehead atoms. The lowest BCUT2D eigenvalue weighted by molar-refractivity contribution is -0.112. The van der Waals surface area contributed by atoms with Crippen LogP contribution in [0.5, 0.6) is 0 Å². The molecule has 1 aliphatic heterocycles. The third-order valence-electron chi connectivity index (χ3n) is 3.80. The Morgan fingerprint density at radius 1 is 1.39 bits per heavy atom. The molecule has 6 nitrogen and oxygen atoms in total. The SMILES string of the molecule is Cc1cccc(NC(=O)/C(C#N)=C\N2CCN(CCN)CC2)c1. The Balaban J connectivity index is 1.96. The van der Waals surface area contributed by atoms with Gasteiger partial charge in [-0.1, -0.05) is 12.1 Å². The molecule has 2 rings (SSSR count). The lowest BCUT2D eigenvalue weighted by Crippen LogP contribution is -2.45. The molecular formula is C17H23N5O. The number of nitriles is 1. The van der Waals surface area contributed by atoms with Crippen molar-refractivity contribution in [3.05, 3.63) is 41.6 Å². The maximum absolute atomic E-state index is 12.2. The highest BCUT2D eigenvalue weighted by Crippen LogP contribution is 2.12. The molecule has 6 heteroatoms. The molecule has 1 saturated heterocycles. The number of hydrogen-bond acceptors (Lipinski definition) is 5. The van der Waals surface area contributed by atoms with Crippen LogP contribution in [0.1, 0.15) is 5.56 Å². The summed E-state index contributed by atoms with van der Waals surface area (Å²) in [6.07, 6.45) is 1.66. The van der Waals surface area contributed by atoms with Crippen LogP contribution >= 0.6 is 0 Å². The Morgan fingerprint density at radius 3 is 2.74 bits per heavy atom. The maximum atomic E-state index is 12.2. The highest BCUT2D eigenvalue weighted by Gasteiger charge is 2.16. The van der Waals surface area contributed by atoms with Gasteiger partial charge in [-0.2, -0.15) is 5.26 Å². The first-order valence-corrected chi connectivity index (χ1v) is 7.79. The van der Waals surface area contributed by atoms with Crippen LogP contribution in [0.4, 0.5) is 5.69 Å². The number of nitrogens with one attached hydrogen (secondary N) is 1. The van der Waals surface area contributed by atoms with E-state index in [0.29, 0.717) is 12.2 Å². The fraction of sp³-hybridized carbons (Fsp3) is 0.412. The van der Waals surface area contributed by atoms with E-state index < -0.39 is 0 Å². The monoisotopic (exact) mass is 313 g/mol. The van der Waals surface area contributed by atoms with Gasteiger partial charge >= 0.3 is 0 Å². The number of piperazine rings is 1. The zero-order chi connectivity index (χ0) is 16.7. The van der Waals surface area contributed by atoms with E-state index in [1.165, 1.54) is 0 Å². The number of anilines is 1. The quantitative estimate of drug-likeness (QED) is 0.623. The minimum Gasteiger partial charge on any atom is -0.374 e. The molecule has 1 aromatic rings. The van der Waals surface area contributed by atoms with Gasteiger partial charge in [0.1, 0.15) is 11.6 Å². The predicted octanol–water partition coefficient (Wildman–Crippen LogP) is 0.917. The second-order valence-electron chi connectivity index (χ2n) is 5.64. The van der Waals surface area contributed by atoms with Gasteiger partial charge in [0.25, 0.3) is 5.91 Å². The third kappa shape index (κ3) is 5.09. The molecule has 0 unspecified atom stereocenters. The van der Waals surface area contributed by atoms with Crippen molar-refractivity contribution < 1.29 is 4.79 Å². The molecule has 1 amide bonds. The molecule has 0 aliphatic carbocycles. The number of aryl methyl sites for hydroxylation is 1. The summed E-state index contributed by atoms with van der Waals surface area (Å²) in [6, 6.07) is 9.51. The standard InChI is InChI=1S/C17H23N5O/c1-14-3-2-4-16(11-14)20-17(23)15(12-19)13-22-9-7-21(6-5-18)8-10-22/h2-4,11,13H,5-10,18H2,1H3,(H,20,23)/b15-13-. The number of nitrogens with zero attached hydrogens (tertiary/aromatic N) is 3. The van der Waals surface area contributed by atoms with E-state index in [2.05, 4.69) is 10.2 Å².